The van der Waals surface area contributed by atoms with Crippen LogP contribution in [0.25, 0.3) is 0 Å². The monoisotopic (exact) mass is 288 g/mol. The van der Waals surface area contributed by atoms with Crippen LogP contribution in [0.1, 0.15) is 36.0 Å². The van der Waals surface area contributed by atoms with E-state index in [-0.39, 0.29) is 5.91 Å². The first-order valence-corrected chi connectivity index (χ1v) is 7.83. The average molecular weight is 288 g/mol. The van der Waals surface area contributed by atoms with E-state index in [4.69, 9.17) is 0 Å². The van der Waals surface area contributed by atoms with Gasteiger partial charge < -0.3 is 15.1 Å². The molecule has 5 nitrogen and oxygen atoms in total. The van der Waals surface area contributed by atoms with E-state index in [2.05, 4.69) is 15.2 Å². The highest BCUT2D eigenvalue weighted by Crippen LogP contribution is 2.31. The summed E-state index contributed by atoms with van der Waals surface area (Å²) < 4.78 is 0. The highest BCUT2D eigenvalue weighted by molar-refractivity contribution is 5.93. The van der Waals surface area contributed by atoms with Gasteiger partial charge in [0.15, 0.2) is 0 Å². The maximum absolute atomic E-state index is 11.9. The number of carbonyl (C=O) groups excluding carboxylic acids is 1. The molecule has 114 valence electrons. The number of nitrogens with one attached hydrogen (secondary N) is 1. The summed E-state index contributed by atoms with van der Waals surface area (Å²) in [7, 11) is 3.52. The average Bonchev–Trinajstić information content (AvgIpc) is 3.20. The van der Waals surface area contributed by atoms with Crippen LogP contribution in [0.2, 0.25) is 0 Å². The fourth-order valence-corrected chi connectivity index (χ4v) is 2.91. The molecule has 3 rings (SSSR count). The molecule has 1 aromatic rings. The summed E-state index contributed by atoms with van der Waals surface area (Å²) in [4.78, 5) is 20.4. The Balaban J connectivity index is 1.72. The zero-order valence-electron chi connectivity index (χ0n) is 12.9. The lowest BCUT2D eigenvalue weighted by molar-refractivity contribution is 0.0827. The molecule has 0 aromatic carbocycles. The van der Waals surface area contributed by atoms with Gasteiger partial charge in [0.2, 0.25) is 0 Å². The molecule has 1 amide bonds. The Hall–Kier alpha value is -1.62. The van der Waals surface area contributed by atoms with Gasteiger partial charge in [-0.3, -0.25) is 4.79 Å². The first-order valence-electron chi connectivity index (χ1n) is 7.83. The fourth-order valence-electron chi connectivity index (χ4n) is 2.91. The molecule has 2 heterocycles. The molecule has 2 fully saturated rings. The molecule has 1 aliphatic heterocycles. The van der Waals surface area contributed by atoms with Crippen LogP contribution in [-0.4, -0.2) is 55.1 Å². The lowest BCUT2D eigenvalue weighted by Crippen LogP contribution is -2.39. The van der Waals surface area contributed by atoms with Gasteiger partial charge in [0.25, 0.3) is 5.91 Å². The van der Waals surface area contributed by atoms with Gasteiger partial charge in [-0.05, 0) is 44.4 Å². The molecule has 1 N–H and O–H groups in total. The van der Waals surface area contributed by atoms with Gasteiger partial charge in [0.1, 0.15) is 5.82 Å². The number of pyridine rings is 1. The number of nitrogens with zero attached hydrogens (tertiary/aromatic N) is 3. The van der Waals surface area contributed by atoms with E-state index in [9.17, 15) is 4.79 Å². The van der Waals surface area contributed by atoms with E-state index < -0.39 is 0 Å². The van der Waals surface area contributed by atoms with Crippen molar-refractivity contribution in [2.75, 3.05) is 32.1 Å². The maximum atomic E-state index is 11.9. The molecule has 1 saturated heterocycles. The topological polar surface area (TPSA) is 48.5 Å². The van der Waals surface area contributed by atoms with Crippen LogP contribution in [0.4, 0.5) is 5.82 Å². The van der Waals surface area contributed by atoms with Crippen LogP contribution in [0.3, 0.4) is 0 Å². The van der Waals surface area contributed by atoms with Crippen molar-refractivity contribution in [3.63, 3.8) is 0 Å². The zero-order chi connectivity index (χ0) is 14.8. The van der Waals surface area contributed by atoms with Gasteiger partial charge in [0.05, 0.1) is 5.56 Å². The molecule has 0 spiro atoms. The van der Waals surface area contributed by atoms with Crippen LogP contribution in [0.5, 0.6) is 0 Å². The van der Waals surface area contributed by atoms with Crippen molar-refractivity contribution in [3.8, 4) is 0 Å². The van der Waals surface area contributed by atoms with E-state index in [0.29, 0.717) is 17.6 Å². The minimum atomic E-state index is 0.00415. The zero-order valence-corrected chi connectivity index (χ0v) is 12.9. The first kappa shape index (κ1) is 14.3. The van der Waals surface area contributed by atoms with Crippen molar-refractivity contribution in [1.82, 2.24) is 15.2 Å². The van der Waals surface area contributed by atoms with Crippen LogP contribution >= 0.6 is 0 Å². The highest BCUT2D eigenvalue weighted by atomic mass is 16.2. The van der Waals surface area contributed by atoms with Crippen LogP contribution in [0.15, 0.2) is 18.3 Å². The highest BCUT2D eigenvalue weighted by Gasteiger charge is 2.32. The number of hydrogen-bond donors (Lipinski definition) is 1. The molecular weight excluding hydrogens is 264 g/mol. The quantitative estimate of drug-likeness (QED) is 0.892. The van der Waals surface area contributed by atoms with Gasteiger partial charge >= 0.3 is 0 Å². The molecule has 1 aliphatic carbocycles. The van der Waals surface area contributed by atoms with Crippen molar-refractivity contribution in [3.05, 3.63) is 23.9 Å². The summed E-state index contributed by atoms with van der Waals surface area (Å²) in [6, 6.07) is 5.09. The van der Waals surface area contributed by atoms with Gasteiger partial charge in [-0.2, -0.15) is 0 Å². The fraction of sp³-hybridized carbons (Fsp3) is 0.625. The Morgan fingerprint density at radius 1 is 1.33 bits per heavy atom. The van der Waals surface area contributed by atoms with E-state index in [1.807, 2.05) is 12.1 Å². The standard InChI is InChI=1S/C16H24N4O/c1-19(2)16(21)12-5-8-15(18-10-12)20(14-6-7-14)11-13-4-3-9-17-13/h5,8,10,13-14,17H,3-4,6-7,9,11H2,1-2H3. The van der Waals surface area contributed by atoms with Gasteiger partial charge in [0, 0.05) is 38.9 Å². The summed E-state index contributed by atoms with van der Waals surface area (Å²) in [5.74, 6) is 1.01. The molecule has 1 atom stereocenters. The van der Waals surface area contributed by atoms with Crippen molar-refractivity contribution in [2.24, 2.45) is 0 Å². The minimum Gasteiger partial charge on any atom is -0.352 e. The molecule has 0 radical (unpaired) electrons. The number of rotatable bonds is 5. The number of aromatic nitrogens is 1. The van der Waals surface area contributed by atoms with Crippen LogP contribution in [0, 0.1) is 0 Å². The van der Waals surface area contributed by atoms with Gasteiger partial charge in [-0.1, -0.05) is 0 Å². The van der Waals surface area contributed by atoms with E-state index in [1.165, 1.54) is 25.7 Å². The van der Waals surface area contributed by atoms with Crippen molar-refractivity contribution in [2.45, 2.75) is 37.8 Å². The normalized spacial score (nSPS) is 21.3. The maximum Gasteiger partial charge on any atom is 0.254 e. The second kappa shape index (κ2) is 6.02. The van der Waals surface area contributed by atoms with E-state index in [1.54, 1.807) is 25.2 Å². The minimum absolute atomic E-state index is 0.00415. The Morgan fingerprint density at radius 3 is 2.67 bits per heavy atom. The summed E-state index contributed by atoms with van der Waals surface area (Å²) in [5.41, 5.74) is 0.651. The number of carbonyl (C=O) groups is 1. The van der Waals surface area contributed by atoms with Crippen LogP contribution in [-0.2, 0) is 0 Å². The molecule has 1 unspecified atom stereocenters. The lowest BCUT2D eigenvalue weighted by Gasteiger charge is -2.27. The second-order valence-electron chi connectivity index (χ2n) is 6.28. The third-order valence-corrected chi connectivity index (χ3v) is 4.26. The molecule has 21 heavy (non-hydrogen) atoms. The molecular formula is C16H24N4O. The Morgan fingerprint density at radius 2 is 2.14 bits per heavy atom. The van der Waals surface area contributed by atoms with Gasteiger partial charge in [-0.15, -0.1) is 0 Å². The molecule has 2 aliphatic rings. The second-order valence-corrected chi connectivity index (χ2v) is 6.28. The van der Waals surface area contributed by atoms with Crippen molar-refractivity contribution < 1.29 is 4.79 Å². The van der Waals surface area contributed by atoms with E-state index in [0.717, 1.165) is 18.9 Å². The lowest BCUT2D eigenvalue weighted by atomic mass is 10.2. The van der Waals surface area contributed by atoms with Crippen molar-refractivity contribution in [1.29, 1.82) is 0 Å². The molecule has 5 heteroatoms. The Labute approximate surface area is 126 Å². The summed E-state index contributed by atoms with van der Waals surface area (Å²) in [6.45, 7) is 2.16. The smallest absolute Gasteiger partial charge is 0.254 e. The summed E-state index contributed by atoms with van der Waals surface area (Å²) in [5, 5.41) is 3.55. The van der Waals surface area contributed by atoms with E-state index >= 15 is 0 Å². The Kier molecular flexibility index (Phi) is 4.10. The molecule has 1 aromatic heterocycles. The van der Waals surface area contributed by atoms with Crippen molar-refractivity contribution >= 4 is 11.7 Å². The number of hydrogen-bond acceptors (Lipinski definition) is 4. The predicted molar refractivity (Wildman–Crippen MR) is 83.6 cm³/mol. The SMILES string of the molecule is CN(C)C(=O)c1ccc(N(CC2CCCN2)C2CC2)nc1. The predicted octanol–water partition coefficient (Wildman–Crippen LogP) is 1.50. The third-order valence-electron chi connectivity index (χ3n) is 4.26. The summed E-state index contributed by atoms with van der Waals surface area (Å²) in [6.07, 6.45) is 6.74. The van der Waals surface area contributed by atoms with Gasteiger partial charge in [-0.25, -0.2) is 4.98 Å². The van der Waals surface area contributed by atoms with Crippen LogP contribution < -0.4 is 10.2 Å². The largest absolute Gasteiger partial charge is 0.352 e. The molecule has 0 bridgehead atoms. The first-order chi connectivity index (χ1) is 10.1. The number of anilines is 1. The number of amides is 1. The Bertz CT molecular complexity index is 490. The molecule has 1 saturated carbocycles. The summed E-state index contributed by atoms with van der Waals surface area (Å²) >= 11 is 0. The third kappa shape index (κ3) is 3.35.